The lowest BCUT2D eigenvalue weighted by molar-refractivity contribution is 0.0726. The lowest BCUT2D eigenvalue weighted by Gasteiger charge is -2.26. The van der Waals surface area contributed by atoms with Gasteiger partial charge in [-0.15, -0.1) is 0 Å². The van der Waals surface area contributed by atoms with Gasteiger partial charge >= 0.3 is 0 Å². The van der Waals surface area contributed by atoms with E-state index in [4.69, 9.17) is 4.42 Å². The van der Waals surface area contributed by atoms with Gasteiger partial charge in [-0.2, -0.15) is 0 Å². The van der Waals surface area contributed by atoms with Crippen LogP contribution in [0.4, 0.5) is 0 Å². The van der Waals surface area contributed by atoms with Crippen molar-refractivity contribution in [3.8, 4) is 0 Å². The van der Waals surface area contributed by atoms with Gasteiger partial charge in [0.25, 0.3) is 5.91 Å². The Morgan fingerprint density at radius 2 is 2.00 bits per heavy atom. The Labute approximate surface area is 147 Å². The van der Waals surface area contributed by atoms with E-state index in [0.717, 1.165) is 22.9 Å². The van der Waals surface area contributed by atoms with E-state index in [0.29, 0.717) is 43.5 Å². The summed E-state index contributed by atoms with van der Waals surface area (Å²) in [4.78, 5) is 31.4. The van der Waals surface area contributed by atoms with E-state index in [1.165, 1.54) is 0 Å². The normalized spacial score (nSPS) is 16.8. The summed E-state index contributed by atoms with van der Waals surface area (Å²) in [7, 11) is 0. The van der Waals surface area contributed by atoms with Crippen LogP contribution in [0.3, 0.4) is 0 Å². The van der Waals surface area contributed by atoms with Crippen molar-refractivity contribution in [3.63, 3.8) is 0 Å². The number of amides is 1. The van der Waals surface area contributed by atoms with Gasteiger partial charge in [0, 0.05) is 35.9 Å². The molecule has 0 fully saturated rings. The summed E-state index contributed by atoms with van der Waals surface area (Å²) in [5.41, 5.74) is 2.98. The molecule has 5 heteroatoms. The van der Waals surface area contributed by atoms with Gasteiger partial charge in [0.1, 0.15) is 11.5 Å². The molecule has 0 atom stereocenters. The highest BCUT2D eigenvalue weighted by Crippen LogP contribution is 2.30. The summed E-state index contributed by atoms with van der Waals surface area (Å²) in [5.74, 6) is 1.73. The molecule has 1 amide bonds. The quantitative estimate of drug-likeness (QED) is 0.800. The Bertz CT molecular complexity index is 874. The highest BCUT2D eigenvalue weighted by molar-refractivity contribution is 6.05. The van der Waals surface area contributed by atoms with Gasteiger partial charge in [0.2, 0.25) is 0 Å². The molecule has 4 rings (SSSR count). The van der Waals surface area contributed by atoms with Crippen molar-refractivity contribution in [1.29, 1.82) is 0 Å². The van der Waals surface area contributed by atoms with Crippen LogP contribution in [0.25, 0.3) is 0 Å². The monoisotopic (exact) mass is 338 g/mol. The van der Waals surface area contributed by atoms with Gasteiger partial charge in [-0.3, -0.25) is 9.59 Å². The maximum atomic E-state index is 13.0. The summed E-state index contributed by atoms with van der Waals surface area (Å²) in [5, 5.41) is 0. The van der Waals surface area contributed by atoms with Crippen LogP contribution < -0.4 is 0 Å². The number of hydrogen-bond acceptors (Lipinski definition) is 4. The van der Waals surface area contributed by atoms with Gasteiger partial charge in [-0.25, -0.2) is 4.98 Å². The number of benzene rings is 1. The van der Waals surface area contributed by atoms with E-state index in [1.807, 2.05) is 17.0 Å². The zero-order valence-corrected chi connectivity index (χ0v) is 14.9. The number of Topliss-reactive ketones (excluding diaryl/α,β-unsaturated/α-hetero) is 1. The minimum Gasteiger partial charge on any atom is -0.445 e. The molecule has 25 heavy (non-hydrogen) atoms. The molecule has 0 bridgehead atoms. The fraction of sp³-hybridized carbons (Fsp3) is 0.450. The SMILES string of the molecule is CC(C)(C)c1nc2c(o1)CCN(C(=O)c1cccc3c1CCC3=O)C2. The van der Waals surface area contributed by atoms with E-state index < -0.39 is 0 Å². The van der Waals surface area contributed by atoms with E-state index in [2.05, 4.69) is 25.8 Å². The Kier molecular flexibility index (Phi) is 3.56. The van der Waals surface area contributed by atoms with Gasteiger partial charge < -0.3 is 9.32 Å². The molecule has 130 valence electrons. The Morgan fingerprint density at radius 1 is 1.20 bits per heavy atom. The Morgan fingerprint density at radius 3 is 2.76 bits per heavy atom. The molecule has 0 N–H and O–H groups in total. The molecule has 0 saturated carbocycles. The fourth-order valence-corrected chi connectivity index (χ4v) is 3.55. The highest BCUT2D eigenvalue weighted by Gasteiger charge is 2.31. The number of carbonyl (C=O) groups is 2. The van der Waals surface area contributed by atoms with E-state index in [-0.39, 0.29) is 17.1 Å². The molecule has 1 aromatic heterocycles. The number of fused-ring (bicyclic) bond motifs is 2. The third-order valence-corrected chi connectivity index (χ3v) is 4.97. The second-order valence-corrected chi connectivity index (χ2v) is 7.87. The van der Waals surface area contributed by atoms with Crippen LogP contribution in [-0.2, 0) is 24.8 Å². The van der Waals surface area contributed by atoms with E-state index in [1.54, 1.807) is 6.07 Å². The maximum Gasteiger partial charge on any atom is 0.254 e. The van der Waals surface area contributed by atoms with Crippen LogP contribution in [-0.4, -0.2) is 28.1 Å². The minimum atomic E-state index is -0.146. The molecule has 0 radical (unpaired) electrons. The van der Waals surface area contributed by atoms with Crippen molar-refractivity contribution in [3.05, 3.63) is 52.2 Å². The first-order valence-electron chi connectivity index (χ1n) is 8.78. The van der Waals surface area contributed by atoms with Crippen molar-refractivity contribution >= 4 is 11.7 Å². The highest BCUT2D eigenvalue weighted by atomic mass is 16.4. The third-order valence-electron chi connectivity index (χ3n) is 4.97. The number of ketones is 1. The molecule has 2 aromatic rings. The van der Waals surface area contributed by atoms with Gasteiger partial charge in [0.05, 0.1) is 6.54 Å². The molecular weight excluding hydrogens is 316 g/mol. The van der Waals surface area contributed by atoms with Gasteiger partial charge in [0.15, 0.2) is 11.7 Å². The standard InChI is InChI=1S/C20H22N2O3/c1-20(2,3)19-21-15-11-22(10-9-17(15)25-19)18(24)14-6-4-5-13-12(14)7-8-16(13)23/h4-6H,7-11H2,1-3H3. The van der Waals surface area contributed by atoms with Crippen LogP contribution in [0, 0.1) is 0 Å². The molecular formula is C20H22N2O3. The summed E-state index contributed by atoms with van der Waals surface area (Å²) < 4.78 is 5.90. The van der Waals surface area contributed by atoms with Crippen molar-refractivity contribution < 1.29 is 14.0 Å². The van der Waals surface area contributed by atoms with Gasteiger partial charge in [-0.05, 0) is 18.1 Å². The number of carbonyl (C=O) groups excluding carboxylic acids is 2. The summed E-state index contributed by atoms with van der Waals surface area (Å²) in [6.07, 6.45) is 1.84. The number of hydrogen-bond donors (Lipinski definition) is 0. The molecule has 1 aliphatic heterocycles. The second-order valence-electron chi connectivity index (χ2n) is 7.87. The lowest BCUT2D eigenvalue weighted by Crippen LogP contribution is -2.36. The van der Waals surface area contributed by atoms with Crippen molar-refractivity contribution in [1.82, 2.24) is 9.88 Å². The first-order chi connectivity index (χ1) is 11.8. The van der Waals surface area contributed by atoms with Crippen LogP contribution in [0.2, 0.25) is 0 Å². The van der Waals surface area contributed by atoms with E-state index >= 15 is 0 Å². The smallest absolute Gasteiger partial charge is 0.254 e. The second kappa shape index (κ2) is 5.55. The number of oxazole rings is 1. The molecule has 1 aromatic carbocycles. The van der Waals surface area contributed by atoms with Crippen molar-refractivity contribution in [2.75, 3.05) is 6.54 Å². The van der Waals surface area contributed by atoms with Crippen LogP contribution in [0.5, 0.6) is 0 Å². The molecule has 0 spiro atoms. The molecule has 5 nitrogen and oxygen atoms in total. The van der Waals surface area contributed by atoms with Crippen LogP contribution in [0.15, 0.2) is 22.6 Å². The zero-order chi connectivity index (χ0) is 17.8. The van der Waals surface area contributed by atoms with E-state index in [9.17, 15) is 9.59 Å². The van der Waals surface area contributed by atoms with Crippen LogP contribution in [0.1, 0.15) is 70.8 Å². The Hall–Kier alpha value is -2.43. The fourth-order valence-electron chi connectivity index (χ4n) is 3.55. The summed E-state index contributed by atoms with van der Waals surface area (Å²) in [6.45, 7) is 7.28. The van der Waals surface area contributed by atoms with Crippen LogP contribution >= 0.6 is 0 Å². The molecule has 2 heterocycles. The predicted molar refractivity (Wildman–Crippen MR) is 92.7 cm³/mol. The predicted octanol–water partition coefficient (Wildman–Crippen LogP) is 3.30. The lowest BCUT2D eigenvalue weighted by atomic mass is 9.97. The zero-order valence-electron chi connectivity index (χ0n) is 14.9. The number of aromatic nitrogens is 1. The molecule has 1 aliphatic carbocycles. The van der Waals surface area contributed by atoms with Crippen molar-refractivity contribution in [2.24, 2.45) is 0 Å². The molecule has 0 saturated heterocycles. The largest absolute Gasteiger partial charge is 0.445 e. The molecule has 0 unspecified atom stereocenters. The maximum absolute atomic E-state index is 13.0. The average Bonchev–Trinajstić information content (AvgIpc) is 3.17. The topological polar surface area (TPSA) is 63.4 Å². The minimum absolute atomic E-state index is 0.0162. The first-order valence-corrected chi connectivity index (χ1v) is 8.78. The summed E-state index contributed by atoms with van der Waals surface area (Å²) in [6, 6.07) is 5.46. The molecule has 2 aliphatic rings. The van der Waals surface area contributed by atoms with Crippen molar-refractivity contribution in [2.45, 2.75) is 52.0 Å². The number of rotatable bonds is 1. The third kappa shape index (κ3) is 2.68. The Balaban J connectivity index is 1.61. The average molecular weight is 338 g/mol. The number of nitrogens with zero attached hydrogens (tertiary/aromatic N) is 2. The van der Waals surface area contributed by atoms with Gasteiger partial charge in [-0.1, -0.05) is 32.9 Å². The summed E-state index contributed by atoms with van der Waals surface area (Å²) >= 11 is 0. The first kappa shape index (κ1) is 16.1.